The van der Waals surface area contributed by atoms with Crippen molar-refractivity contribution in [2.24, 2.45) is 0 Å². The van der Waals surface area contributed by atoms with Gasteiger partial charge in [-0.2, -0.15) is 0 Å². The third-order valence-corrected chi connectivity index (χ3v) is 9.98. The molecule has 2 aromatic heterocycles. The van der Waals surface area contributed by atoms with Crippen molar-refractivity contribution in [1.29, 1.82) is 0 Å². The zero-order valence-corrected chi connectivity index (χ0v) is 18.5. The second-order valence-corrected chi connectivity index (χ2v) is 13.4. The molecule has 0 atom stereocenters. The Hall–Kier alpha value is -1.90. The summed E-state index contributed by atoms with van der Waals surface area (Å²) in [6, 6.07) is 5.44. The smallest absolute Gasteiger partial charge is 0.256 e. The zero-order valence-electron chi connectivity index (χ0n) is 17.5. The van der Waals surface area contributed by atoms with E-state index in [0.29, 0.717) is 23.6 Å². The normalized spacial score (nSPS) is 19.9. The van der Waals surface area contributed by atoms with Gasteiger partial charge in [-0.1, -0.05) is 20.8 Å². The van der Waals surface area contributed by atoms with Gasteiger partial charge in [-0.15, -0.1) is 0 Å². The summed E-state index contributed by atoms with van der Waals surface area (Å²) in [5.74, 6) is 1.56. The Morgan fingerprint density at radius 2 is 1.89 bits per heavy atom. The van der Waals surface area contributed by atoms with Crippen LogP contribution in [0.25, 0.3) is 11.3 Å². The first-order chi connectivity index (χ1) is 13.2. The van der Waals surface area contributed by atoms with Crippen LogP contribution in [0.15, 0.2) is 28.9 Å². The van der Waals surface area contributed by atoms with Crippen molar-refractivity contribution < 1.29 is 23.2 Å². The quantitative estimate of drug-likeness (QED) is 0.466. The molecule has 28 heavy (non-hydrogen) atoms. The molecule has 0 aliphatic heterocycles. The van der Waals surface area contributed by atoms with Crippen LogP contribution < -0.4 is 9.47 Å². The molecule has 1 aliphatic carbocycles. The molecule has 0 N–H and O–H groups in total. The van der Waals surface area contributed by atoms with Gasteiger partial charge in [0.05, 0.1) is 6.10 Å². The molecular weight excluding hydrogens is 376 g/mol. The lowest BCUT2D eigenvalue weighted by atomic mass is 9.92. The summed E-state index contributed by atoms with van der Waals surface area (Å²) in [7, 11) is -0.167. The zero-order chi connectivity index (χ0) is 20.4. The number of nitrogens with zero attached hydrogens (tertiary/aromatic N) is 2. The van der Waals surface area contributed by atoms with E-state index in [1.54, 1.807) is 19.4 Å². The van der Waals surface area contributed by atoms with E-state index in [9.17, 15) is 0 Å². The van der Waals surface area contributed by atoms with Gasteiger partial charge >= 0.3 is 0 Å². The van der Waals surface area contributed by atoms with Gasteiger partial charge in [0.2, 0.25) is 5.88 Å². The van der Waals surface area contributed by atoms with E-state index in [1.807, 2.05) is 12.1 Å². The van der Waals surface area contributed by atoms with Gasteiger partial charge in [-0.05, 0) is 29.4 Å². The highest BCUT2D eigenvalue weighted by Gasteiger charge is 2.43. The van der Waals surface area contributed by atoms with Crippen molar-refractivity contribution in [3.8, 4) is 23.1 Å². The molecule has 2 aromatic rings. The van der Waals surface area contributed by atoms with Gasteiger partial charge in [0.15, 0.2) is 20.9 Å². The van der Waals surface area contributed by atoms with Crippen LogP contribution in [-0.2, 0) is 9.16 Å². The second kappa shape index (κ2) is 8.22. The van der Waals surface area contributed by atoms with Crippen molar-refractivity contribution in [1.82, 2.24) is 10.1 Å². The van der Waals surface area contributed by atoms with Crippen LogP contribution in [0.3, 0.4) is 0 Å². The van der Waals surface area contributed by atoms with Crippen molar-refractivity contribution >= 4 is 8.32 Å². The molecule has 8 heteroatoms. The Morgan fingerprint density at radius 1 is 1.14 bits per heavy atom. The number of ether oxygens (including phenoxy) is 3. The summed E-state index contributed by atoms with van der Waals surface area (Å²) in [6.45, 7) is 11.5. The van der Waals surface area contributed by atoms with Gasteiger partial charge in [0.25, 0.3) is 5.88 Å². The van der Waals surface area contributed by atoms with E-state index in [-0.39, 0.29) is 17.9 Å². The molecule has 1 fully saturated rings. The van der Waals surface area contributed by atoms with Crippen molar-refractivity contribution in [3.05, 3.63) is 24.4 Å². The number of methoxy groups -OCH3 is 1. The SMILES string of the molecule is COCOc1cc(-c2ccc(OC3CC(O[Si](C)(C)C(C)(C)C)C3)nc2)on1. The average molecular weight is 407 g/mol. The van der Waals surface area contributed by atoms with Crippen molar-refractivity contribution in [2.75, 3.05) is 13.9 Å². The predicted molar refractivity (Wildman–Crippen MR) is 108 cm³/mol. The van der Waals surface area contributed by atoms with Crippen LogP contribution >= 0.6 is 0 Å². The van der Waals surface area contributed by atoms with Gasteiger partial charge in [0, 0.05) is 43.8 Å². The summed E-state index contributed by atoms with van der Waals surface area (Å²) in [4.78, 5) is 4.38. The molecule has 0 bridgehead atoms. The minimum absolute atomic E-state index is 0.124. The van der Waals surface area contributed by atoms with E-state index >= 15 is 0 Å². The molecule has 1 aliphatic rings. The van der Waals surface area contributed by atoms with Crippen LogP contribution in [0.2, 0.25) is 18.1 Å². The first-order valence-electron chi connectivity index (χ1n) is 9.57. The largest absolute Gasteiger partial charge is 0.474 e. The Labute approximate surface area is 167 Å². The summed E-state index contributed by atoms with van der Waals surface area (Å²) < 4.78 is 27.7. The van der Waals surface area contributed by atoms with E-state index in [2.05, 4.69) is 44.0 Å². The highest BCUT2D eigenvalue weighted by molar-refractivity contribution is 6.74. The molecule has 7 nitrogen and oxygen atoms in total. The van der Waals surface area contributed by atoms with E-state index in [4.69, 9.17) is 23.2 Å². The van der Waals surface area contributed by atoms with Gasteiger partial charge in [0.1, 0.15) is 6.10 Å². The molecule has 0 saturated heterocycles. The summed E-state index contributed by atoms with van der Waals surface area (Å²) in [5, 5.41) is 4.06. The van der Waals surface area contributed by atoms with E-state index in [0.717, 1.165) is 18.4 Å². The minimum atomic E-state index is -1.72. The highest BCUT2D eigenvalue weighted by atomic mass is 28.4. The third kappa shape index (κ3) is 4.92. The van der Waals surface area contributed by atoms with Crippen molar-refractivity contribution in [2.45, 2.75) is 64.0 Å². The van der Waals surface area contributed by atoms with Crippen LogP contribution in [-0.4, -0.2) is 44.6 Å². The lowest BCUT2D eigenvalue weighted by Gasteiger charge is -2.44. The molecule has 0 radical (unpaired) electrons. The fourth-order valence-corrected chi connectivity index (χ4v) is 4.03. The molecule has 0 spiro atoms. The van der Waals surface area contributed by atoms with Crippen LogP contribution in [0.1, 0.15) is 33.6 Å². The molecule has 1 saturated carbocycles. The standard InChI is InChI=1S/C20H30N2O5Si/c1-20(2,3)28(5,6)27-16-9-15(10-16)25-18-8-7-14(12-21-18)17-11-19(22-26-17)24-13-23-4/h7-8,11-12,15-16H,9-10,13H2,1-6H3. The summed E-state index contributed by atoms with van der Waals surface area (Å²) >= 11 is 0. The van der Waals surface area contributed by atoms with Crippen LogP contribution in [0, 0.1) is 0 Å². The summed E-state index contributed by atoms with van der Waals surface area (Å²) in [6.07, 6.45) is 3.99. The Kier molecular flexibility index (Phi) is 6.11. The second-order valence-electron chi connectivity index (χ2n) is 8.68. The fourth-order valence-electron chi connectivity index (χ4n) is 2.65. The molecule has 2 heterocycles. The van der Waals surface area contributed by atoms with Gasteiger partial charge in [-0.25, -0.2) is 4.98 Å². The highest BCUT2D eigenvalue weighted by Crippen LogP contribution is 2.40. The van der Waals surface area contributed by atoms with Gasteiger partial charge in [-0.3, -0.25) is 0 Å². The average Bonchev–Trinajstić information content (AvgIpc) is 3.06. The maximum Gasteiger partial charge on any atom is 0.256 e. The minimum Gasteiger partial charge on any atom is -0.474 e. The molecule has 3 rings (SSSR count). The molecule has 154 valence electrons. The lowest BCUT2D eigenvalue weighted by molar-refractivity contribution is -0.00526. The number of hydrogen-bond donors (Lipinski definition) is 0. The fraction of sp³-hybridized carbons (Fsp3) is 0.600. The Balaban J connectivity index is 1.49. The first kappa shape index (κ1) is 20.8. The summed E-state index contributed by atoms with van der Waals surface area (Å²) in [5.41, 5.74) is 0.805. The van der Waals surface area contributed by atoms with E-state index < -0.39 is 8.32 Å². The Morgan fingerprint density at radius 3 is 2.50 bits per heavy atom. The van der Waals surface area contributed by atoms with Crippen LogP contribution in [0.5, 0.6) is 11.8 Å². The molecule has 0 amide bonds. The van der Waals surface area contributed by atoms with Crippen molar-refractivity contribution in [3.63, 3.8) is 0 Å². The lowest BCUT2D eigenvalue weighted by Crippen LogP contribution is -2.50. The third-order valence-electron chi connectivity index (χ3n) is 5.44. The van der Waals surface area contributed by atoms with Crippen LogP contribution in [0.4, 0.5) is 0 Å². The topological polar surface area (TPSA) is 75.8 Å². The molecular formula is C20H30N2O5Si. The number of pyridine rings is 1. The van der Waals surface area contributed by atoms with Gasteiger partial charge < -0.3 is 23.2 Å². The monoisotopic (exact) mass is 406 g/mol. The maximum atomic E-state index is 6.41. The number of aromatic nitrogens is 2. The molecule has 0 unspecified atom stereocenters. The number of rotatable bonds is 8. The number of hydrogen-bond acceptors (Lipinski definition) is 7. The predicted octanol–water partition coefficient (Wildman–Crippen LogP) is 4.65. The Bertz CT molecular complexity index is 764. The first-order valence-corrected chi connectivity index (χ1v) is 12.5. The molecule has 0 aromatic carbocycles. The van der Waals surface area contributed by atoms with E-state index in [1.165, 1.54) is 0 Å². The maximum absolute atomic E-state index is 6.41.